The summed E-state index contributed by atoms with van der Waals surface area (Å²) in [6.45, 7) is 7.24. The molecule has 36 heavy (non-hydrogen) atoms. The molecule has 0 atom stereocenters. The number of nitrogens with one attached hydrogen (secondary N) is 3. The number of nitrogens with zero attached hydrogens (tertiary/aromatic N) is 3. The van der Waals surface area contributed by atoms with Crippen molar-refractivity contribution in [3.63, 3.8) is 0 Å². The van der Waals surface area contributed by atoms with Crippen LogP contribution in [0.3, 0.4) is 0 Å². The molecule has 5 rings (SSSR count). The molecule has 174 valence electrons. The topological polar surface area (TPSA) is 83.3 Å². The molecule has 5 aromatic rings. The Kier molecular flexibility index (Phi) is 6.19. The van der Waals surface area contributed by atoms with Crippen LogP contribution in [0.25, 0.3) is 15.7 Å². The fourth-order valence-electron chi connectivity index (χ4n) is 3.72. The van der Waals surface area contributed by atoms with Gasteiger partial charge in [0.15, 0.2) is 5.69 Å². The number of carbonyl (C=O) groups is 1. The molecule has 2 heterocycles. The second-order valence-electron chi connectivity index (χ2n) is 7.89. The Morgan fingerprint density at radius 2 is 1.61 bits per heavy atom. The number of amides is 1. The van der Waals surface area contributed by atoms with E-state index < -0.39 is 11.7 Å². The lowest BCUT2D eigenvalue weighted by molar-refractivity contribution is 0.102. The first-order valence-corrected chi connectivity index (χ1v) is 11.0. The molecule has 3 N–H and O–H groups in total. The summed E-state index contributed by atoms with van der Waals surface area (Å²) in [7, 11) is 0. The molecule has 0 aliphatic carbocycles. The molecule has 0 spiro atoms. The molecule has 0 bridgehead atoms. The molecular formula is C28H19FN6O. The average molecular weight is 474 g/mol. The zero-order chi connectivity index (χ0) is 24.9. The number of fused-ring (bicyclic) bond motifs is 1. The summed E-state index contributed by atoms with van der Waals surface area (Å²) < 4.78 is 14.9. The molecule has 0 aliphatic rings. The molecule has 0 fully saturated rings. The average Bonchev–Trinajstić information content (AvgIpc) is 2.89. The first-order valence-electron chi connectivity index (χ1n) is 11.0. The first-order chi connectivity index (χ1) is 17.6. The largest absolute Gasteiger partial charge is 0.355 e. The molecule has 7 nitrogen and oxygen atoms in total. The van der Waals surface area contributed by atoms with Crippen LogP contribution in [0.1, 0.15) is 10.4 Å². The number of rotatable bonds is 6. The van der Waals surface area contributed by atoms with Crippen LogP contribution < -0.4 is 16.0 Å². The van der Waals surface area contributed by atoms with E-state index in [-0.39, 0.29) is 5.56 Å². The van der Waals surface area contributed by atoms with Gasteiger partial charge >= 0.3 is 0 Å². The van der Waals surface area contributed by atoms with E-state index in [2.05, 4.69) is 30.8 Å². The van der Waals surface area contributed by atoms with E-state index in [1.54, 1.807) is 67.1 Å². The maximum absolute atomic E-state index is 14.9. The molecule has 0 saturated carbocycles. The maximum Gasteiger partial charge on any atom is 0.258 e. The van der Waals surface area contributed by atoms with Crippen LogP contribution in [0, 0.1) is 12.4 Å². The van der Waals surface area contributed by atoms with Gasteiger partial charge in [-0.05, 0) is 66.7 Å². The Morgan fingerprint density at radius 1 is 0.806 bits per heavy atom. The van der Waals surface area contributed by atoms with E-state index in [4.69, 9.17) is 6.57 Å². The van der Waals surface area contributed by atoms with E-state index >= 15 is 0 Å². The van der Waals surface area contributed by atoms with Crippen molar-refractivity contribution >= 4 is 50.9 Å². The van der Waals surface area contributed by atoms with Crippen molar-refractivity contribution in [1.29, 1.82) is 0 Å². The number of pyridine rings is 2. The zero-order valence-corrected chi connectivity index (χ0v) is 18.9. The smallest absolute Gasteiger partial charge is 0.258 e. The minimum atomic E-state index is -0.663. The number of halogens is 1. The molecular weight excluding hydrogens is 455 g/mol. The highest BCUT2D eigenvalue weighted by Crippen LogP contribution is 2.29. The third-order valence-corrected chi connectivity index (χ3v) is 5.44. The summed E-state index contributed by atoms with van der Waals surface area (Å²) >= 11 is 0. The lowest BCUT2D eigenvalue weighted by Crippen LogP contribution is -2.14. The molecule has 8 heteroatoms. The minimum Gasteiger partial charge on any atom is -0.355 e. The van der Waals surface area contributed by atoms with Gasteiger partial charge in [-0.15, -0.1) is 0 Å². The van der Waals surface area contributed by atoms with Crippen molar-refractivity contribution in [1.82, 2.24) is 9.97 Å². The summed E-state index contributed by atoms with van der Waals surface area (Å²) in [5.41, 5.74) is 4.41. The summed E-state index contributed by atoms with van der Waals surface area (Å²) in [5, 5.41) is 9.87. The molecule has 2 aromatic heterocycles. The van der Waals surface area contributed by atoms with Crippen molar-refractivity contribution in [2.24, 2.45) is 0 Å². The predicted octanol–water partition coefficient (Wildman–Crippen LogP) is 7.06. The first kappa shape index (κ1) is 22.5. The fourth-order valence-corrected chi connectivity index (χ4v) is 3.72. The van der Waals surface area contributed by atoms with E-state index in [9.17, 15) is 9.18 Å². The number of carbonyl (C=O) groups excluding carboxylic acids is 1. The van der Waals surface area contributed by atoms with Gasteiger partial charge in [-0.2, -0.15) is 0 Å². The van der Waals surface area contributed by atoms with Gasteiger partial charge < -0.3 is 16.0 Å². The van der Waals surface area contributed by atoms with Gasteiger partial charge in [0.1, 0.15) is 5.82 Å². The fraction of sp³-hybridized carbons (Fsp3) is 0. The summed E-state index contributed by atoms with van der Waals surface area (Å²) in [4.78, 5) is 24.5. The standard InChI is InChI=1S/C28H19FN6O/c1-30-19-6-8-26-24(16-19)27(11-14-32-26)34-22-5-7-23(25(29)17-22)28(36)35-21-4-2-3-20(15-21)33-18-9-12-31-13-10-18/h2-17H,(H,31,33)(H,32,34)(H,35,36). The van der Waals surface area contributed by atoms with Crippen LogP contribution in [0.2, 0.25) is 0 Å². The summed E-state index contributed by atoms with van der Waals surface area (Å²) in [6, 6.07) is 22.1. The van der Waals surface area contributed by atoms with Gasteiger partial charge in [-0.25, -0.2) is 9.24 Å². The molecule has 0 unspecified atom stereocenters. The predicted molar refractivity (Wildman–Crippen MR) is 140 cm³/mol. The molecule has 0 radical (unpaired) electrons. The molecule has 0 saturated heterocycles. The Hall–Kier alpha value is -5.29. The van der Waals surface area contributed by atoms with Gasteiger partial charge in [-0.3, -0.25) is 14.8 Å². The third-order valence-electron chi connectivity index (χ3n) is 5.44. The summed E-state index contributed by atoms with van der Waals surface area (Å²) in [6.07, 6.45) is 4.99. The van der Waals surface area contributed by atoms with Crippen LogP contribution in [-0.4, -0.2) is 15.9 Å². The van der Waals surface area contributed by atoms with Gasteiger partial charge in [-0.1, -0.05) is 12.1 Å². The molecule has 3 aromatic carbocycles. The monoisotopic (exact) mass is 474 g/mol. The number of anilines is 5. The Balaban J connectivity index is 1.32. The number of aromatic nitrogens is 2. The van der Waals surface area contributed by atoms with Crippen LogP contribution in [0.5, 0.6) is 0 Å². The quantitative estimate of drug-likeness (QED) is 0.230. The van der Waals surface area contributed by atoms with E-state index in [1.807, 2.05) is 18.2 Å². The van der Waals surface area contributed by atoms with Gasteiger partial charge in [0, 0.05) is 52.4 Å². The second-order valence-corrected chi connectivity index (χ2v) is 7.89. The van der Waals surface area contributed by atoms with Crippen LogP contribution in [-0.2, 0) is 0 Å². The van der Waals surface area contributed by atoms with Crippen molar-refractivity contribution in [3.8, 4) is 0 Å². The molecule has 0 aliphatic heterocycles. The number of benzene rings is 3. The van der Waals surface area contributed by atoms with E-state index in [0.29, 0.717) is 28.3 Å². The lowest BCUT2D eigenvalue weighted by Gasteiger charge is -2.12. The SMILES string of the molecule is [C-]#[N+]c1ccc2nccc(Nc3ccc(C(=O)Nc4cccc(Nc5ccncc5)c4)c(F)c3)c2c1. The third kappa shape index (κ3) is 4.95. The highest BCUT2D eigenvalue weighted by atomic mass is 19.1. The van der Waals surface area contributed by atoms with Gasteiger partial charge in [0.25, 0.3) is 5.91 Å². The van der Waals surface area contributed by atoms with Crippen LogP contribution >= 0.6 is 0 Å². The van der Waals surface area contributed by atoms with Gasteiger partial charge in [0.05, 0.1) is 17.7 Å². The van der Waals surface area contributed by atoms with Crippen molar-refractivity contribution < 1.29 is 9.18 Å². The van der Waals surface area contributed by atoms with E-state index in [1.165, 1.54) is 12.1 Å². The Bertz CT molecular complexity index is 1610. The highest BCUT2D eigenvalue weighted by Gasteiger charge is 2.14. The zero-order valence-electron chi connectivity index (χ0n) is 18.9. The Labute approximate surface area is 206 Å². The van der Waals surface area contributed by atoms with Crippen LogP contribution in [0.4, 0.5) is 38.5 Å². The number of hydrogen-bond donors (Lipinski definition) is 3. The van der Waals surface area contributed by atoms with Crippen molar-refractivity contribution in [3.05, 3.63) is 120 Å². The second kappa shape index (κ2) is 9.91. The lowest BCUT2D eigenvalue weighted by atomic mass is 10.1. The van der Waals surface area contributed by atoms with Crippen molar-refractivity contribution in [2.45, 2.75) is 0 Å². The summed E-state index contributed by atoms with van der Waals surface area (Å²) in [5.74, 6) is -1.22. The van der Waals surface area contributed by atoms with Crippen molar-refractivity contribution in [2.75, 3.05) is 16.0 Å². The number of hydrogen-bond acceptors (Lipinski definition) is 5. The maximum atomic E-state index is 14.9. The Morgan fingerprint density at radius 3 is 2.42 bits per heavy atom. The highest BCUT2D eigenvalue weighted by molar-refractivity contribution is 6.05. The van der Waals surface area contributed by atoms with E-state index in [0.717, 1.165) is 16.8 Å². The van der Waals surface area contributed by atoms with Crippen LogP contribution in [0.15, 0.2) is 97.5 Å². The minimum absolute atomic E-state index is 0.0806. The molecule has 1 amide bonds. The van der Waals surface area contributed by atoms with Gasteiger partial charge in [0.2, 0.25) is 0 Å². The normalized spacial score (nSPS) is 10.4.